The molecule has 1 N–H and O–H groups in total. The van der Waals surface area contributed by atoms with Crippen LogP contribution in [0.3, 0.4) is 0 Å². The first-order chi connectivity index (χ1) is 17.2. The molecule has 0 spiro atoms. The molecule has 12 nitrogen and oxygen atoms in total. The predicted octanol–water partition coefficient (Wildman–Crippen LogP) is 0.597. The number of amides is 2. The van der Waals surface area contributed by atoms with Gasteiger partial charge in [0.15, 0.2) is 5.82 Å². The van der Waals surface area contributed by atoms with E-state index in [4.69, 9.17) is 9.47 Å². The maximum Gasteiger partial charge on any atom is 0.410 e. The zero-order valence-corrected chi connectivity index (χ0v) is 21.4. The van der Waals surface area contributed by atoms with Gasteiger partial charge < -0.3 is 19.7 Å². The Kier molecular flexibility index (Phi) is 7.05. The molecule has 1 aromatic rings. The third-order valence-corrected chi connectivity index (χ3v) is 9.78. The largest absolute Gasteiger partial charge is 0.476 e. The predicted molar refractivity (Wildman–Crippen MR) is 130 cm³/mol. The Labute approximate surface area is 211 Å². The second-order valence-corrected chi connectivity index (χ2v) is 12.5. The summed E-state index contributed by atoms with van der Waals surface area (Å²) in [6.45, 7) is 5.11. The van der Waals surface area contributed by atoms with E-state index in [9.17, 15) is 18.0 Å². The number of carbonyl (C=O) groups excluding carboxylic acids is 2. The number of nitrogens with one attached hydrogen (secondary N) is 1. The standard InChI is InChI=1S/C23H34N6O6S/c1-23(5-6-23)35-22(31)27-8-3-17(4-9-27)16-34-20-14-25-19(13-26-20)29-11-10-28(15-21(29)30)36(32,33)18-2-7-24-12-18/h13-14,17-18,24H,2-12,15-16H2,1H3. The normalized spacial score (nSPS) is 25.1. The molecule has 3 aliphatic heterocycles. The van der Waals surface area contributed by atoms with Crippen molar-refractivity contribution in [1.29, 1.82) is 0 Å². The van der Waals surface area contributed by atoms with Crippen LogP contribution in [-0.4, -0.2) is 103 Å². The van der Waals surface area contributed by atoms with Gasteiger partial charge in [-0.1, -0.05) is 0 Å². The summed E-state index contributed by atoms with van der Waals surface area (Å²) in [6.07, 6.45) is 6.84. The number of aromatic nitrogens is 2. The second-order valence-electron chi connectivity index (χ2n) is 10.3. The summed E-state index contributed by atoms with van der Waals surface area (Å²) in [4.78, 5) is 36.8. The van der Waals surface area contributed by atoms with Crippen LogP contribution in [0.1, 0.15) is 39.0 Å². The highest BCUT2D eigenvalue weighted by molar-refractivity contribution is 7.89. The van der Waals surface area contributed by atoms with E-state index in [-0.39, 0.29) is 37.2 Å². The number of piperidine rings is 1. The first-order valence-electron chi connectivity index (χ1n) is 12.7. The molecule has 3 saturated heterocycles. The number of rotatable bonds is 7. The van der Waals surface area contributed by atoms with Crippen molar-refractivity contribution in [3.8, 4) is 5.88 Å². The molecule has 1 aromatic heterocycles. The number of hydrogen-bond acceptors (Lipinski definition) is 9. The van der Waals surface area contributed by atoms with Crippen molar-refractivity contribution in [2.45, 2.75) is 49.9 Å². The summed E-state index contributed by atoms with van der Waals surface area (Å²) < 4.78 is 38.2. The van der Waals surface area contributed by atoms with Crippen LogP contribution in [0.5, 0.6) is 5.88 Å². The van der Waals surface area contributed by atoms with Crippen LogP contribution in [0.4, 0.5) is 10.6 Å². The second kappa shape index (κ2) is 10.1. The number of sulfonamides is 1. The summed E-state index contributed by atoms with van der Waals surface area (Å²) in [5, 5.41) is 2.59. The summed E-state index contributed by atoms with van der Waals surface area (Å²) in [6, 6.07) is 0. The summed E-state index contributed by atoms with van der Waals surface area (Å²) in [7, 11) is -3.50. The number of carbonyl (C=O) groups is 2. The number of piperazine rings is 1. The fraction of sp³-hybridized carbons (Fsp3) is 0.739. The van der Waals surface area contributed by atoms with Crippen molar-refractivity contribution in [1.82, 2.24) is 24.5 Å². The summed E-state index contributed by atoms with van der Waals surface area (Å²) in [5.41, 5.74) is -0.259. The van der Waals surface area contributed by atoms with Crippen molar-refractivity contribution in [3.05, 3.63) is 12.4 Å². The lowest BCUT2D eigenvalue weighted by molar-refractivity contribution is -0.120. The Bertz CT molecular complexity index is 1070. The van der Waals surface area contributed by atoms with Gasteiger partial charge in [-0.25, -0.2) is 23.2 Å². The average molecular weight is 523 g/mol. The minimum absolute atomic E-state index is 0.190. The molecule has 4 heterocycles. The van der Waals surface area contributed by atoms with Gasteiger partial charge in [-0.3, -0.25) is 9.69 Å². The number of ether oxygens (including phenoxy) is 2. The van der Waals surface area contributed by atoms with Crippen molar-refractivity contribution in [2.24, 2.45) is 5.92 Å². The monoisotopic (exact) mass is 522 g/mol. The molecule has 1 aliphatic carbocycles. The van der Waals surface area contributed by atoms with Gasteiger partial charge in [-0.15, -0.1) is 0 Å². The molecule has 0 aromatic carbocycles. The highest BCUT2D eigenvalue weighted by Crippen LogP contribution is 2.39. The number of nitrogens with zero attached hydrogens (tertiary/aromatic N) is 5. The molecule has 36 heavy (non-hydrogen) atoms. The van der Waals surface area contributed by atoms with E-state index < -0.39 is 15.3 Å². The van der Waals surface area contributed by atoms with Crippen LogP contribution >= 0.6 is 0 Å². The minimum atomic E-state index is -3.50. The van der Waals surface area contributed by atoms with E-state index in [2.05, 4.69) is 15.3 Å². The van der Waals surface area contributed by atoms with Gasteiger partial charge in [0.05, 0.1) is 30.8 Å². The first kappa shape index (κ1) is 25.2. The fourth-order valence-electron chi connectivity index (χ4n) is 4.77. The molecule has 5 rings (SSSR count). The minimum Gasteiger partial charge on any atom is -0.476 e. The molecule has 1 saturated carbocycles. The van der Waals surface area contributed by atoms with Crippen LogP contribution in [0.2, 0.25) is 0 Å². The molecule has 198 valence electrons. The van der Waals surface area contributed by atoms with Crippen LogP contribution in [0.15, 0.2) is 12.4 Å². The number of anilines is 1. The van der Waals surface area contributed by atoms with E-state index in [1.165, 1.54) is 21.6 Å². The van der Waals surface area contributed by atoms with E-state index in [0.717, 1.165) is 25.7 Å². The lowest BCUT2D eigenvalue weighted by atomic mass is 9.98. The fourth-order valence-corrected chi connectivity index (χ4v) is 6.56. The Balaban J connectivity index is 1.07. The number of likely N-dealkylation sites (tertiary alicyclic amines) is 1. The molecule has 0 bridgehead atoms. The maximum absolute atomic E-state index is 12.8. The van der Waals surface area contributed by atoms with Gasteiger partial charge in [0, 0.05) is 32.7 Å². The van der Waals surface area contributed by atoms with E-state index >= 15 is 0 Å². The zero-order chi connectivity index (χ0) is 25.3. The van der Waals surface area contributed by atoms with Crippen LogP contribution in [0.25, 0.3) is 0 Å². The first-order valence-corrected chi connectivity index (χ1v) is 14.2. The Hall–Kier alpha value is -2.51. The molecule has 4 fully saturated rings. The third kappa shape index (κ3) is 5.57. The molecular formula is C23H34N6O6S. The lowest BCUT2D eigenvalue weighted by Crippen LogP contribution is -2.54. The molecular weight excluding hydrogens is 488 g/mol. The quantitative estimate of drug-likeness (QED) is 0.546. The van der Waals surface area contributed by atoms with E-state index in [1.807, 2.05) is 6.92 Å². The van der Waals surface area contributed by atoms with E-state index in [1.54, 1.807) is 4.90 Å². The van der Waals surface area contributed by atoms with Crippen LogP contribution in [0, 0.1) is 5.92 Å². The Morgan fingerprint density at radius 1 is 1.14 bits per heavy atom. The SMILES string of the molecule is CC1(OC(=O)N2CCC(COc3cnc(N4CCN(S(=O)(=O)C5CCNC5)CC4=O)cn3)CC2)CC1. The van der Waals surface area contributed by atoms with Crippen molar-refractivity contribution >= 4 is 27.8 Å². The highest BCUT2D eigenvalue weighted by atomic mass is 32.2. The topological polar surface area (TPSA) is 134 Å². The summed E-state index contributed by atoms with van der Waals surface area (Å²) >= 11 is 0. The van der Waals surface area contributed by atoms with Gasteiger partial charge in [0.2, 0.25) is 21.8 Å². The lowest BCUT2D eigenvalue weighted by Gasteiger charge is -2.34. The molecule has 13 heteroatoms. The maximum atomic E-state index is 12.8. The van der Waals surface area contributed by atoms with E-state index in [0.29, 0.717) is 56.8 Å². The molecule has 0 radical (unpaired) electrons. The average Bonchev–Trinajstić information content (AvgIpc) is 3.34. The van der Waals surface area contributed by atoms with Gasteiger partial charge >= 0.3 is 6.09 Å². The van der Waals surface area contributed by atoms with Crippen molar-refractivity contribution < 1.29 is 27.5 Å². The van der Waals surface area contributed by atoms with Gasteiger partial charge in [0.1, 0.15) is 5.60 Å². The van der Waals surface area contributed by atoms with Gasteiger partial charge in [0.25, 0.3) is 0 Å². The third-order valence-electron chi connectivity index (χ3n) is 7.50. The Morgan fingerprint density at radius 2 is 1.92 bits per heavy atom. The Morgan fingerprint density at radius 3 is 2.53 bits per heavy atom. The molecule has 1 atom stereocenters. The van der Waals surface area contributed by atoms with Crippen molar-refractivity contribution in [2.75, 3.05) is 57.3 Å². The van der Waals surface area contributed by atoms with Crippen LogP contribution < -0.4 is 15.0 Å². The molecule has 1 unspecified atom stereocenters. The smallest absolute Gasteiger partial charge is 0.410 e. The molecule has 4 aliphatic rings. The molecule has 2 amide bonds. The van der Waals surface area contributed by atoms with Gasteiger partial charge in [-0.05, 0) is 51.5 Å². The summed E-state index contributed by atoms with van der Waals surface area (Å²) in [5.74, 6) is 0.728. The number of hydrogen-bond donors (Lipinski definition) is 1. The zero-order valence-electron chi connectivity index (χ0n) is 20.6. The van der Waals surface area contributed by atoms with Gasteiger partial charge in [-0.2, -0.15) is 4.31 Å². The van der Waals surface area contributed by atoms with Crippen LogP contribution in [-0.2, 0) is 19.6 Å². The highest BCUT2D eigenvalue weighted by Gasteiger charge is 2.43. The van der Waals surface area contributed by atoms with Crippen molar-refractivity contribution in [3.63, 3.8) is 0 Å².